The van der Waals surface area contributed by atoms with Gasteiger partial charge >= 0.3 is 0 Å². The average Bonchev–Trinajstić information content (AvgIpc) is 2.70. The Hall–Kier alpha value is -1.25. The number of imidazole rings is 1. The fourth-order valence-electron chi connectivity index (χ4n) is 2.52. The molecule has 1 aliphatic rings. The van der Waals surface area contributed by atoms with Gasteiger partial charge in [0.15, 0.2) is 0 Å². The molecule has 0 radical (unpaired) electrons. The molecular formula is C14H23N3. The van der Waals surface area contributed by atoms with Crippen LogP contribution in [0.3, 0.4) is 0 Å². The van der Waals surface area contributed by atoms with E-state index in [1.807, 2.05) is 18.5 Å². The maximum atomic E-state index is 4.39. The van der Waals surface area contributed by atoms with Gasteiger partial charge in [-0.3, -0.25) is 0 Å². The highest BCUT2D eigenvalue weighted by molar-refractivity contribution is 5.28. The van der Waals surface area contributed by atoms with E-state index >= 15 is 0 Å². The van der Waals surface area contributed by atoms with Gasteiger partial charge in [0, 0.05) is 25.0 Å². The van der Waals surface area contributed by atoms with Gasteiger partial charge < -0.3 is 9.88 Å². The lowest BCUT2D eigenvalue weighted by Gasteiger charge is -2.21. The molecule has 3 heteroatoms. The number of hydrogen-bond acceptors (Lipinski definition) is 2. The zero-order valence-corrected chi connectivity index (χ0v) is 10.6. The first-order chi connectivity index (χ1) is 8.40. The van der Waals surface area contributed by atoms with E-state index in [0.29, 0.717) is 6.04 Å². The van der Waals surface area contributed by atoms with Crippen LogP contribution in [-0.2, 0) is 6.54 Å². The zero-order valence-electron chi connectivity index (χ0n) is 10.6. The van der Waals surface area contributed by atoms with Crippen LogP contribution in [0.5, 0.6) is 0 Å². The maximum absolute atomic E-state index is 4.39. The van der Waals surface area contributed by atoms with Crippen molar-refractivity contribution >= 4 is 5.95 Å². The Kier molecular flexibility index (Phi) is 4.65. The highest BCUT2D eigenvalue weighted by Gasteiger charge is 2.13. The normalized spacial score (nSPS) is 18.4. The Balaban J connectivity index is 1.93. The molecular weight excluding hydrogens is 210 g/mol. The first-order valence-corrected chi connectivity index (χ1v) is 6.78. The molecule has 1 heterocycles. The summed E-state index contributed by atoms with van der Waals surface area (Å²) in [7, 11) is 0. The molecule has 1 aromatic rings. The SMILES string of the molecule is C=CCn1ccnc1NC1CCCCCCC1. The molecule has 1 aromatic heterocycles. The number of allylic oxidation sites excluding steroid dienone is 1. The lowest BCUT2D eigenvalue weighted by molar-refractivity contribution is 0.468. The molecule has 0 aliphatic heterocycles. The lowest BCUT2D eigenvalue weighted by Crippen LogP contribution is -2.22. The second-order valence-electron chi connectivity index (χ2n) is 4.88. The van der Waals surface area contributed by atoms with Gasteiger partial charge in [0.1, 0.15) is 0 Å². The Morgan fingerprint density at radius 3 is 2.71 bits per heavy atom. The van der Waals surface area contributed by atoms with Crippen molar-refractivity contribution in [2.75, 3.05) is 5.32 Å². The molecule has 3 nitrogen and oxygen atoms in total. The highest BCUT2D eigenvalue weighted by atomic mass is 15.2. The van der Waals surface area contributed by atoms with E-state index in [2.05, 4.69) is 21.4 Å². The summed E-state index contributed by atoms with van der Waals surface area (Å²) in [5, 5.41) is 3.59. The van der Waals surface area contributed by atoms with Crippen molar-refractivity contribution in [1.29, 1.82) is 0 Å². The standard InChI is InChI=1S/C14H23N3/c1-2-11-17-12-10-15-14(17)16-13-8-6-4-3-5-7-9-13/h2,10,12-13H,1,3-9,11H2,(H,15,16). The number of anilines is 1. The molecule has 17 heavy (non-hydrogen) atoms. The van der Waals surface area contributed by atoms with Crippen molar-refractivity contribution < 1.29 is 0 Å². The van der Waals surface area contributed by atoms with Crippen molar-refractivity contribution in [1.82, 2.24) is 9.55 Å². The van der Waals surface area contributed by atoms with Gasteiger partial charge in [-0.1, -0.05) is 38.2 Å². The Morgan fingerprint density at radius 1 is 1.29 bits per heavy atom. The molecule has 1 aliphatic carbocycles. The van der Waals surface area contributed by atoms with E-state index in [9.17, 15) is 0 Å². The Labute approximate surface area is 104 Å². The summed E-state index contributed by atoms with van der Waals surface area (Å²) in [6.07, 6.45) is 15.2. The van der Waals surface area contributed by atoms with Gasteiger partial charge in [-0.15, -0.1) is 6.58 Å². The molecule has 1 saturated carbocycles. The minimum Gasteiger partial charge on any atom is -0.353 e. The highest BCUT2D eigenvalue weighted by Crippen LogP contribution is 2.20. The molecule has 0 amide bonds. The summed E-state index contributed by atoms with van der Waals surface area (Å²) in [6, 6.07) is 0.598. The van der Waals surface area contributed by atoms with E-state index in [0.717, 1.165) is 12.5 Å². The number of aromatic nitrogens is 2. The summed E-state index contributed by atoms with van der Waals surface area (Å²) in [5.41, 5.74) is 0. The van der Waals surface area contributed by atoms with Gasteiger partial charge in [0.2, 0.25) is 5.95 Å². The molecule has 0 bridgehead atoms. The molecule has 0 atom stereocenters. The van der Waals surface area contributed by atoms with Crippen LogP contribution in [-0.4, -0.2) is 15.6 Å². The monoisotopic (exact) mass is 233 g/mol. The van der Waals surface area contributed by atoms with Crippen LogP contribution < -0.4 is 5.32 Å². The summed E-state index contributed by atoms with van der Waals surface area (Å²) >= 11 is 0. The van der Waals surface area contributed by atoms with E-state index in [-0.39, 0.29) is 0 Å². The number of nitrogens with one attached hydrogen (secondary N) is 1. The second-order valence-corrected chi connectivity index (χ2v) is 4.88. The largest absolute Gasteiger partial charge is 0.353 e. The van der Waals surface area contributed by atoms with Gasteiger partial charge in [0.25, 0.3) is 0 Å². The van der Waals surface area contributed by atoms with Crippen LogP contribution in [0, 0.1) is 0 Å². The van der Waals surface area contributed by atoms with Gasteiger partial charge in [0.05, 0.1) is 0 Å². The zero-order chi connectivity index (χ0) is 11.9. The number of rotatable bonds is 4. The quantitative estimate of drug-likeness (QED) is 0.805. The summed E-state index contributed by atoms with van der Waals surface area (Å²) in [4.78, 5) is 4.39. The molecule has 0 unspecified atom stereocenters. The summed E-state index contributed by atoms with van der Waals surface area (Å²) < 4.78 is 2.12. The first kappa shape index (κ1) is 12.2. The fraction of sp³-hybridized carbons (Fsp3) is 0.643. The molecule has 94 valence electrons. The van der Waals surface area contributed by atoms with Crippen LogP contribution in [0.1, 0.15) is 44.9 Å². The molecule has 0 spiro atoms. The third-order valence-corrected chi connectivity index (χ3v) is 3.48. The molecule has 0 saturated heterocycles. The van der Waals surface area contributed by atoms with Crippen molar-refractivity contribution in [3.05, 3.63) is 25.0 Å². The van der Waals surface area contributed by atoms with Crippen LogP contribution >= 0.6 is 0 Å². The van der Waals surface area contributed by atoms with Crippen molar-refractivity contribution in [2.24, 2.45) is 0 Å². The van der Waals surface area contributed by atoms with Crippen LogP contribution in [0.4, 0.5) is 5.95 Å². The third-order valence-electron chi connectivity index (χ3n) is 3.48. The fourth-order valence-corrected chi connectivity index (χ4v) is 2.52. The lowest BCUT2D eigenvalue weighted by atomic mass is 9.97. The average molecular weight is 233 g/mol. The van der Waals surface area contributed by atoms with Crippen LogP contribution in [0.15, 0.2) is 25.0 Å². The second kappa shape index (κ2) is 6.48. The summed E-state index contributed by atoms with van der Waals surface area (Å²) in [5.74, 6) is 0.996. The minimum atomic E-state index is 0.598. The predicted octanol–water partition coefficient (Wildman–Crippen LogP) is 3.59. The topological polar surface area (TPSA) is 29.9 Å². The smallest absolute Gasteiger partial charge is 0.203 e. The summed E-state index contributed by atoms with van der Waals surface area (Å²) in [6.45, 7) is 4.60. The van der Waals surface area contributed by atoms with Crippen LogP contribution in [0.2, 0.25) is 0 Å². The minimum absolute atomic E-state index is 0.598. The van der Waals surface area contributed by atoms with Gasteiger partial charge in [-0.2, -0.15) is 0 Å². The van der Waals surface area contributed by atoms with E-state index in [1.165, 1.54) is 44.9 Å². The molecule has 0 aromatic carbocycles. The number of nitrogens with zero attached hydrogens (tertiary/aromatic N) is 2. The first-order valence-electron chi connectivity index (χ1n) is 6.78. The van der Waals surface area contributed by atoms with Crippen molar-refractivity contribution in [3.8, 4) is 0 Å². The Bertz CT molecular complexity index is 335. The molecule has 2 rings (SSSR count). The Morgan fingerprint density at radius 2 is 2.00 bits per heavy atom. The van der Waals surface area contributed by atoms with Gasteiger partial charge in [-0.05, 0) is 12.8 Å². The van der Waals surface area contributed by atoms with Crippen LogP contribution in [0.25, 0.3) is 0 Å². The van der Waals surface area contributed by atoms with E-state index < -0.39 is 0 Å². The van der Waals surface area contributed by atoms with Gasteiger partial charge in [-0.25, -0.2) is 4.98 Å². The predicted molar refractivity (Wildman–Crippen MR) is 72.2 cm³/mol. The maximum Gasteiger partial charge on any atom is 0.203 e. The molecule has 1 fully saturated rings. The van der Waals surface area contributed by atoms with E-state index in [1.54, 1.807) is 0 Å². The van der Waals surface area contributed by atoms with Crippen molar-refractivity contribution in [3.63, 3.8) is 0 Å². The molecule has 1 N–H and O–H groups in total. The van der Waals surface area contributed by atoms with Crippen molar-refractivity contribution in [2.45, 2.75) is 57.5 Å². The third kappa shape index (κ3) is 3.62. The number of hydrogen-bond donors (Lipinski definition) is 1. The van der Waals surface area contributed by atoms with E-state index in [4.69, 9.17) is 0 Å².